The molecule has 17 heavy (non-hydrogen) atoms. The number of hydrogen-bond donors (Lipinski definition) is 1. The van der Waals surface area contributed by atoms with E-state index in [2.05, 4.69) is 25.5 Å². The summed E-state index contributed by atoms with van der Waals surface area (Å²) >= 11 is 0. The molecule has 0 unspecified atom stereocenters. The third-order valence-corrected chi connectivity index (χ3v) is 2.59. The fourth-order valence-corrected chi connectivity index (χ4v) is 1.45. The predicted octanol–water partition coefficient (Wildman–Crippen LogP) is 2.58. The summed E-state index contributed by atoms with van der Waals surface area (Å²) in [5.41, 5.74) is 7.83. The Morgan fingerprint density at radius 3 is 2.06 bits per heavy atom. The molecular formula is C13H20ClNO2. The van der Waals surface area contributed by atoms with Gasteiger partial charge in [0.05, 0.1) is 7.11 Å². The monoisotopic (exact) mass is 257 g/mol. The van der Waals surface area contributed by atoms with Crippen LogP contribution < -0.4 is 5.73 Å². The quantitative estimate of drug-likeness (QED) is 0.829. The second kappa shape index (κ2) is 6.03. The molecule has 1 rings (SSSR count). The molecule has 1 atom stereocenters. The number of carbonyl (C=O) groups is 1. The van der Waals surface area contributed by atoms with Crippen molar-refractivity contribution in [1.29, 1.82) is 0 Å². The zero-order valence-corrected chi connectivity index (χ0v) is 11.5. The highest BCUT2D eigenvalue weighted by molar-refractivity contribution is 5.85. The van der Waals surface area contributed by atoms with Crippen molar-refractivity contribution in [3.63, 3.8) is 0 Å². The lowest BCUT2D eigenvalue weighted by Gasteiger charge is -2.19. The van der Waals surface area contributed by atoms with Gasteiger partial charge in [-0.05, 0) is 16.5 Å². The van der Waals surface area contributed by atoms with Gasteiger partial charge in [0, 0.05) is 0 Å². The molecule has 0 fully saturated rings. The van der Waals surface area contributed by atoms with Gasteiger partial charge in [0.2, 0.25) is 0 Å². The van der Waals surface area contributed by atoms with Gasteiger partial charge in [0.25, 0.3) is 0 Å². The molecule has 2 N–H and O–H groups in total. The van der Waals surface area contributed by atoms with E-state index in [1.807, 2.05) is 24.3 Å². The minimum absolute atomic E-state index is 0. The Morgan fingerprint density at radius 1 is 1.24 bits per heavy atom. The maximum Gasteiger partial charge on any atom is 0.327 e. The summed E-state index contributed by atoms with van der Waals surface area (Å²) in [4.78, 5) is 11.2. The SMILES string of the molecule is COC(=O)[C@@H](N)c1ccc(C(C)(C)C)cc1.Cl. The number of ether oxygens (including phenoxy) is 1. The van der Waals surface area contributed by atoms with Crippen LogP contribution in [0.1, 0.15) is 37.9 Å². The second-order valence-electron chi connectivity index (χ2n) is 4.87. The molecule has 0 spiro atoms. The Labute approximate surface area is 109 Å². The molecule has 0 aromatic heterocycles. The third-order valence-electron chi connectivity index (χ3n) is 2.59. The van der Waals surface area contributed by atoms with Crippen LogP contribution in [0.25, 0.3) is 0 Å². The van der Waals surface area contributed by atoms with Crippen molar-refractivity contribution in [2.45, 2.75) is 32.2 Å². The van der Waals surface area contributed by atoms with Crippen molar-refractivity contribution in [3.8, 4) is 0 Å². The number of benzene rings is 1. The number of methoxy groups -OCH3 is 1. The summed E-state index contributed by atoms with van der Waals surface area (Å²) < 4.78 is 4.60. The van der Waals surface area contributed by atoms with Crippen LogP contribution in [0.2, 0.25) is 0 Å². The van der Waals surface area contributed by atoms with Gasteiger partial charge in [-0.3, -0.25) is 4.79 Å². The van der Waals surface area contributed by atoms with Gasteiger partial charge in [-0.25, -0.2) is 0 Å². The Morgan fingerprint density at radius 2 is 1.71 bits per heavy atom. The first kappa shape index (κ1) is 15.9. The minimum atomic E-state index is -0.695. The summed E-state index contributed by atoms with van der Waals surface area (Å²) in [7, 11) is 1.34. The van der Waals surface area contributed by atoms with Gasteiger partial charge in [-0.1, -0.05) is 45.0 Å². The van der Waals surface area contributed by atoms with Crippen molar-refractivity contribution in [2.75, 3.05) is 7.11 Å². The Balaban J connectivity index is 0.00000256. The van der Waals surface area contributed by atoms with Crippen LogP contribution in [-0.2, 0) is 14.9 Å². The highest BCUT2D eigenvalue weighted by Gasteiger charge is 2.18. The minimum Gasteiger partial charge on any atom is -0.468 e. The molecule has 1 aromatic rings. The summed E-state index contributed by atoms with van der Waals surface area (Å²) in [5, 5.41) is 0. The topological polar surface area (TPSA) is 52.3 Å². The molecule has 0 radical (unpaired) electrons. The Hall–Kier alpha value is -1.06. The zero-order valence-electron chi connectivity index (χ0n) is 10.7. The highest BCUT2D eigenvalue weighted by Crippen LogP contribution is 2.23. The summed E-state index contributed by atoms with van der Waals surface area (Å²) in [6.07, 6.45) is 0. The van der Waals surface area contributed by atoms with E-state index < -0.39 is 12.0 Å². The first-order valence-corrected chi connectivity index (χ1v) is 5.30. The van der Waals surface area contributed by atoms with Gasteiger partial charge in [0.15, 0.2) is 0 Å². The van der Waals surface area contributed by atoms with Gasteiger partial charge in [-0.2, -0.15) is 0 Å². The fourth-order valence-electron chi connectivity index (χ4n) is 1.45. The number of carbonyl (C=O) groups excluding carboxylic acids is 1. The lowest BCUT2D eigenvalue weighted by Crippen LogP contribution is -2.22. The van der Waals surface area contributed by atoms with Crippen molar-refractivity contribution in [1.82, 2.24) is 0 Å². The molecule has 4 heteroatoms. The molecule has 0 saturated carbocycles. The maximum absolute atomic E-state index is 11.2. The largest absolute Gasteiger partial charge is 0.468 e. The van der Waals surface area contributed by atoms with Crippen molar-refractivity contribution in [3.05, 3.63) is 35.4 Å². The van der Waals surface area contributed by atoms with E-state index in [0.717, 1.165) is 5.56 Å². The normalized spacial score (nSPS) is 12.5. The van der Waals surface area contributed by atoms with E-state index in [1.165, 1.54) is 12.7 Å². The van der Waals surface area contributed by atoms with Gasteiger partial charge in [-0.15, -0.1) is 12.4 Å². The summed E-state index contributed by atoms with van der Waals surface area (Å²) in [5.74, 6) is -0.413. The lowest BCUT2D eigenvalue weighted by atomic mass is 9.86. The van der Waals surface area contributed by atoms with E-state index in [1.54, 1.807) is 0 Å². The molecule has 0 aliphatic heterocycles. The molecule has 96 valence electrons. The Kier molecular flexibility index (Phi) is 5.66. The van der Waals surface area contributed by atoms with E-state index in [0.29, 0.717) is 0 Å². The first-order valence-electron chi connectivity index (χ1n) is 5.30. The molecule has 0 heterocycles. The average molecular weight is 258 g/mol. The van der Waals surface area contributed by atoms with Crippen molar-refractivity contribution < 1.29 is 9.53 Å². The van der Waals surface area contributed by atoms with Crippen LogP contribution in [-0.4, -0.2) is 13.1 Å². The van der Waals surface area contributed by atoms with Crippen LogP contribution in [0.4, 0.5) is 0 Å². The molecule has 1 aromatic carbocycles. The van der Waals surface area contributed by atoms with Crippen LogP contribution in [0.3, 0.4) is 0 Å². The molecule has 0 aliphatic rings. The number of halogens is 1. The van der Waals surface area contributed by atoms with E-state index >= 15 is 0 Å². The molecule has 0 amide bonds. The molecule has 0 bridgehead atoms. The smallest absolute Gasteiger partial charge is 0.327 e. The predicted molar refractivity (Wildman–Crippen MR) is 71.3 cm³/mol. The lowest BCUT2D eigenvalue weighted by molar-refractivity contribution is -0.142. The van der Waals surface area contributed by atoms with E-state index in [-0.39, 0.29) is 17.8 Å². The molecular weight excluding hydrogens is 238 g/mol. The Bertz CT molecular complexity index is 368. The third kappa shape index (κ3) is 4.02. The molecule has 0 aliphatic carbocycles. The van der Waals surface area contributed by atoms with Crippen LogP contribution in [0, 0.1) is 0 Å². The average Bonchev–Trinajstić information content (AvgIpc) is 2.26. The van der Waals surface area contributed by atoms with Crippen LogP contribution in [0.5, 0.6) is 0 Å². The van der Waals surface area contributed by atoms with E-state index in [9.17, 15) is 4.79 Å². The first-order chi connectivity index (χ1) is 7.36. The number of nitrogens with two attached hydrogens (primary N) is 1. The standard InChI is InChI=1S/C13H19NO2.ClH/c1-13(2,3)10-7-5-9(6-8-10)11(14)12(15)16-4;/h5-8,11H,14H2,1-4H3;1H/t11-;/m0./s1. The summed E-state index contributed by atoms with van der Waals surface area (Å²) in [6, 6.07) is 7.06. The number of esters is 1. The van der Waals surface area contributed by atoms with Crippen LogP contribution in [0.15, 0.2) is 24.3 Å². The molecule has 0 saturated heterocycles. The van der Waals surface area contributed by atoms with E-state index in [4.69, 9.17) is 5.73 Å². The van der Waals surface area contributed by atoms with Crippen molar-refractivity contribution >= 4 is 18.4 Å². The zero-order chi connectivity index (χ0) is 12.3. The number of hydrogen-bond acceptors (Lipinski definition) is 3. The van der Waals surface area contributed by atoms with Crippen molar-refractivity contribution in [2.24, 2.45) is 5.73 Å². The molecule has 3 nitrogen and oxygen atoms in total. The highest BCUT2D eigenvalue weighted by atomic mass is 35.5. The van der Waals surface area contributed by atoms with Gasteiger partial charge in [0.1, 0.15) is 6.04 Å². The maximum atomic E-state index is 11.2. The summed E-state index contributed by atoms with van der Waals surface area (Å²) in [6.45, 7) is 6.42. The fraction of sp³-hybridized carbons (Fsp3) is 0.462. The van der Waals surface area contributed by atoms with Gasteiger partial charge < -0.3 is 10.5 Å². The number of rotatable bonds is 2. The second-order valence-corrected chi connectivity index (χ2v) is 4.87. The van der Waals surface area contributed by atoms with Crippen LogP contribution >= 0.6 is 12.4 Å². The van der Waals surface area contributed by atoms with Gasteiger partial charge >= 0.3 is 5.97 Å².